The second-order valence-corrected chi connectivity index (χ2v) is 6.13. The Balaban J connectivity index is 1.85. The summed E-state index contributed by atoms with van der Waals surface area (Å²) in [4.78, 5) is 11.9. The van der Waals surface area contributed by atoms with Crippen LogP contribution in [0.5, 0.6) is 5.75 Å². The SMILES string of the molecule is C=CCn1c(SCc2nc(N)nc(N)n2)nnc1-c1ccc(OC)cc1. The van der Waals surface area contributed by atoms with Crippen LogP contribution in [0.15, 0.2) is 42.1 Å². The average molecular weight is 370 g/mol. The Morgan fingerprint density at radius 1 is 1.12 bits per heavy atom. The molecule has 0 aliphatic heterocycles. The van der Waals surface area contributed by atoms with Crippen LogP contribution in [0.2, 0.25) is 0 Å². The van der Waals surface area contributed by atoms with Gasteiger partial charge in [0.2, 0.25) is 11.9 Å². The van der Waals surface area contributed by atoms with Crippen molar-refractivity contribution in [1.82, 2.24) is 29.7 Å². The zero-order valence-corrected chi connectivity index (χ0v) is 15.0. The van der Waals surface area contributed by atoms with E-state index in [1.165, 1.54) is 11.8 Å². The lowest BCUT2D eigenvalue weighted by Gasteiger charge is -2.08. The molecule has 0 atom stereocenters. The van der Waals surface area contributed by atoms with E-state index in [0.29, 0.717) is 23.3 Å². The van der Waals surface area contributed by atoms with E-state index in [4.69, 9.17) is 16.2 Å². The highest BCUT2D eigenvalue weighted by Gasteiger charge is 2.14. The molecule has 134 valence electrons. The zero-order valence-electron chi connectivity index (χ0n) is 14.2. The number of nitrogens with zero attached hydrogens (tertiary/aromatic N) is 6. The molecule has 10 heteroatoms. The first-order valence-electron chi connectivity index (χ1n) is 7.68. The first kappa shape index (κ1) is 17.7. The normalized spacial score (nSPS) is 10.7. The first-order valence-corrected chi connectivity index (χ1v) is 8.66. The molecule has 3 rings (SSSR count). The number of nitrogens with two attached hydrogens (primary N) is 2. The molecule has 0 amide bonds. The fourth-order valence-corrected chi connectivity index (χ4v) is 3.10. The van der Waals surface area contributed by atoms with Gasteiger partial charge in [-0.3, -0.25) is 4.57 Å². The highest BCUT2D eigenvalue weighted by atomic mass is 32.2. The van der Waals surface area contributed by atoms with Gasteiger partial charge in [0.05, 0.1) is 12.9 Å². The second kappa shape index (κ2) is 7.83. The maximum absolute atomic E-state index is 5.60. The van der Waals surface area contributed by atoms with Crippen molar-refractivity contribution in [3.8, 4) is 17.1 Å². The van der Waals surface area contributed by atoms with E-state index in [-0.39, 0.29) is 11.9 Å². The predicted molar refractivity (Wildman–Crippen MR) is 100 cm³/mol. The molecule has 9 nitrogen and oxygen atoms in total. The van der Waals surface area contributed by atoms with Gasteiger partial charge < -0.3 is 16.2 Å². The number of allylic oxidation sites excluding steroid dienone is 1. The minimum atomic E-state index is 0.0968. The van der Waals surface area contributed by atoms with E-state index < -0.39 is 0 Å². The number of benzene rings is 1. The van der Waals surface area contributed by atoms with Gasteiger partial charge in [0, 0.05) is 12.1 Å². The maximum atomic E-state index is 5.60. The molecule has 0 unspecified atom stereocenters. The summed E-state index contributed by atoms with van der Waals surface area (Å²) in [5, 5.41) is 9.30. The summed E-state index contributed by atoms with van der Waals surface area (Å²) in [5.41, 5.74) is 12.1. The lowest BCUT2D eigenvalue weighted by Crippen LogP contribution is -2.06. The molecule has 0 aliphatic carbocycles. The van der Waals surface area contributed by atoms with Crippen LogP contribution in [0.3, 0.4) is 0 Å². The van der Waals surface area contributed by atoms with Crippen LogP contribution in [0.4, 0.5) is 11.9 Å². The molecule has 4 N–H and O–H groups in total. The van der Waals surface area contributed by atoms with E-state index in [1.807, 2.05) is 28.8 Å². The summed E-state index contributed by atoms with van der Waals surface area (Å²) in [6, 6.07) is 7.63. The molecule has 0 fully saturated rings. The van der Waals surface area contributed by atoms with Crippen LogP contribution in [-0.4, -0.2) is 36.8 Å². The number of nitrogen functional groups attached to an aromatic ring is 2. The third-order valence-corrected chi connectivity index (χ3v) is 4.39. The maximum Gasteiger partial charge on any atom is 0.225 e. The van der Waals surface area contributed by atoms with E-state index >= 15 is 0 Å². The molecule has 26 heavy (non-hydrogen) atoms. The fourth-order valence-electron chi connectivity index (χ4n) is 2.29. The lowest BCUT2D eigenvalue weighted by molar-refractivity contribution is 0.415. The summed E-state index contributed by atoms with van der Waals surface area (Å²) >= 11 is 1.43. The smallest absolute Gasteiger partial charge is 0.225 e. The van der Waals surface area contributed by atoms with Crippen LogP contribution < -0.4 is 16.2 Å². The Morgan fingerprint density at radius 2 is 1.81 bits per heavy atom. The van der Waals surface area contributed by atoms with E-state index in [9.17, 15) is 0 Å². The molecular weight excluding hydrogens is 352 g/mol. The molecule has 0 bridgehead atoms. The Bertz CT molecular complexity index is 889. The summed E-state index contributed by atoms with van der Waals surface area (Å²) in [6.07, 6.45) is 1.79. The quantitative estimate of drug-likeness (QED) is 0.472. The zero-order chi connectivity index (χ0) is 18.5. The van der Waals surface area contributed by atoms with Gasteiger partial charge in [0.25, 0.3) is 0 Å². The highest BCUT2D eigenvalue weighted by Crippen LogP contribution is 2.27. The van der Waals surface area contributed by atoms with Gasteiger partial charge in [-0.25, -0.2) is 0 Å². The summed E-state index contributed by atoms with van der Waals surface area (Å²) in [5.74, 6) is 2.64. The molecular formula is C16H18N8OS. The number of methoxy groups -OCH3 is 1. The van der Waals surface area contributed by atoms with Crippen LogP contribution in [0.1, 0.15) is 5.82 Å². The first-order chi connectivity index (χ1) is 12.6. The fraction of sp³-hybridized carbons (Fsp3) is 0.188. The van der Waals surface area contributed by atoms with E-state index in [0.717, 1.165) is 17.1 Å². The van der Waals surface area contributed by atoms with Gasteiger partial charge in [-0.1, -0.05) is 17.8 Å². The van der Waals surface area contributed by atoms with Crippen molar-refractivity contribution in [1.29, 1.82) is 0 Å². The minimum Gasteiger partial charge on any atom is -0.497 e. The molecule has 1 aromatic carbocycles. The molecule has 3 aromatic rings. The number of rotatable bonds is 7. The largest absolute Gasteiger partial charge is 0.497 e. The van der Waals surface area contributed by atoms with E-state index in [2.05, 4.69) is 31.7 Å². The number of anilines is 2. The minimum absolute atomic E-state index is 0.0968. The topological polar surface area (TPSA) is 131 Å². The van der Waals surface area contributed by atoms with Gasteiger partial charge in [-0.2, -0.15) is 15.0 Å². The number of hydrogen-bond acceptors (Lipinski definition) is 9. The molecule has 0 spiro atoms. The molecule has 2 heterocycles. The third kappa shape index (κ3) is 3.91. The van der Waals surface area contributed by atoms with Crippen LogP contribution >= 0.6 is 11.8 Å². The van der Waals surface area contributed by atoms with Crippen molar-refractivity contribution in [3.63, 3.8) is 0 Å². The van der Waals surface area contributed by atoms with Gasteiger partial charge in [-0.15, -0.1) is 16.8 Å². The van der Waals surface area contributed by atoms with Crippen molar-refractivity contribution in [2.24, 2.45) is 0 Å². The van der Waals surface area contributed by atoms with E-state index in [1.54, 1.807) is 13.2 Å². The Hall–Kier alpha value is -3.14. The summed E-state index contributed by atoms with van der Waals surface area (Å²) < 4.78 is 7.16. The number of ether oxygens (including phenoxy) is 1. The molecule has 0 aliphatic rings. The number of aromatic nitrogens is 6. The predicted octanol–water partition coefficient (Wildman–Crippen LogP) is 1.78. The Kier molecular flexibility index (Phi) is 5.32. The highest BCUT2D eigenvalue weighted by molar-refractivity contribution is 7.98. The van der Waals surface area contributed by atoms with Gasteiger partial charge in [-0.05, 0) is 24.3 Å². The van der Waals surface area contributed by atoms with Crippen molar-refractivity contribution < 1.29 is 4.74 Å². The van der Waals surface area contributed by atoms with Gasteiger partial charge in [0.15, 0.2) is 11.0 Å². The Morgan fingerprint density at radius 3 is 2.42 bits per heavy atom. The van der Waals surface area contributed by atoms with Crippen LogP contribution in [0, 0.1) is 0 Å². The van der Waals surface area contributed by atoms with Crippen LogP contribution in [0.25, 0.3) is 11.4 Å². The summed E-state index contributed by atoms with van der Waals surface area (Å²) in [6.45, 7) is 4.38. The molecule has 0 radical (unpaired) electrons. The molecule has 2 aromatic heterocycles. The van der Waals surface area contributed by atoms with Gasteiger partial charge >= 0.3 is 0 Å². The Labute approximate surface area is 154 Å². The monoisotopic (exact) mass is 370 g/mol. The third-order valence-electron chi connectivity index (χ3n) is 3.42. The van der Waals surface area contributed by atoms with Crippen molar-refractivity contribution in [2.45, 2.75) is 17.5 Å². The van der Waals surface area contributed by atoms with Crippen molar-refractivity contribution in [2.75, 3.05) is 18.6 Å². The molecule has 0 saturated heterocycles. The van der Waals surface area contributed by atoms with Crippen molar-refractivity contribution in [3.05, 3.63) is 42.7 Å². The number of hydrogen-bond donors (Lipinski definition) is 2. The van der Waals surface area contributed by atoms with Crippen molar-refractivity contribution >= 4 is 23.7 Å². The summed E-state index contributed by atoms with van der Waals surface area (Å²) in [7, 11) is 1.63. The van der Waals surface area contributed by atoms with Crippen LogP contribution in [-0.2, 0) is 12.3 Å². The standard InChI is InChI=1S/C16H18N8OS/c1-3-8-24-13(10-4-6-11(25-2)7-5-10)22-23-16(24)26-9-12-19-14(17)21-15(18)20-12/h3-7H,1,8-9H2,2H3,(H4,17,18,19,20,21). The van der Waals surface area contributed by atoms with Gasteiger partial charge in [0.1, 0.15) is 11.6 Å². The lowest BCUT2D eigenvalue weighted by atomic mass is 10.2. The second-order valence-electron chi connectivity index (χ2n) is 5.19. The molecule has 0 saturated carbocycles. The average Bonchev–Trinajstić information content (AvgIpc) is 3.02. The number of thioether (sulfide) groups is 1.